The highest BCUT2D eigenvalue weighted by Gasteiger charge is 2.23. The van der Waals surface area contributed by atoms with E-state index in [1.54, 1.807) is 6.92 Å². The fourth-order valence-corrected chi connectivity index (χ4v) is 2.68. The fraction of sp³-hybridized carbons (Fsp3) is 0.571. The summed E-state index contributed by atoms with van der Waals surface area (Å²) in [6.45, 7) is 3.79. The lowest BCUT2D eigenvalue weighted by Crippen LogP contribution is -2.04. The Morgan fingerprint density at radius 1 is 1.17 bits per heavy atom. The molecule has 0 amide bonds. The molecule has 2 atom stereocenters. The Kier molecular flexibility index (Phi) is 6.07. The normalized spacial score (nSPS) is 15.3. The first-order chi connectivity index (χ1) is 8.45. The minimum atomic E-state index is -3.90. The van der Waals surface area contributed by atoms with Gasteiger partial charge in [0.25, 0.3) is 0 Å². The molecule has 4 heteroatoms. The van der Waals surface area contributed by atoms with E-state index < -0.39 is 13.3 Å². The zero-order valence-corrected chi connectivity index (χ0v) is 12.0. The molecule has 0 aliphatic heterocycles. The summed E-state index contributed by atoms with van der Waals surface area (Å²) in [6.07, 6.45) is 3.51. The average Bonchev–Trinajstić information content (AvgIpc) is 2.34. The number of rotatable bonds is 7. The largest absolute Gasteiger partial charge is 0.328 e. The summed E-state index contributed by atoms with van der Waals surface area (Å²) in [5.74, 6) is 0.496. The molecule has 0 spiro atoms. The van der Waals surface area contributed by atoms with Crippen molar-refractivity contribution in [1.29, 1.82) is 0 Å². The molecule has 0 saturated heterocycles. The van der Waals surface area contributed by atoms with Crippen molar-refractivity contribution < 1.29 is 14.4 Å². The molecule has 0 bridgehead atoms. The second kappa shape index (κ2) is 7.08. The molecule has 0 aliphatic rings. The van der Waals surface area contributed by atoms with Crippen molar-refractivity contribution in [3.8, 4) is 0 Å². The maximum atomic E-state index is 11.0. The van der Waals surface area contributed by atoms with Gasteiger partial charge in [0, 0.05) is 0 Å². The predicted octanol–water partition coefficient (Wildman–Crippen LogP) is 3.92. The molecule has 0 aliphatic carbocycles. The molecule has 2 N–H and O–H groups in total. The van der Waals surface area contributed by atoms with Crippen LogP contribution in [0.4, 0.5) is 0 Å². The van der Waals surface area contributed by atoms with Gasteiger partial charge < -0.3 is 9.79 Å². The van der Waals surface area contributed by atoms with Gasteiger partial charge in [0.1, 0.15) is 0 Å². The Hall–Kier alpha value is -0.630. The quantitative estimate of drug-likeness (QED) is 0.738. The molecule has 0 radical (unpaired) electrons. The lowest BCUT2D eigenvalue weighted by Gasteiger charge is -2.17. The summed E-state index contributed by atoms with van der Waals surface area (Å²) >= 11 is 0. The van der Waals surface area contributed by atoms with Crippen LogP contribution in [-0.2, 0) is 4.57 Å². The summed E-state index contributed by atoms with van der Waals surface area (Å²) in [4.78, 5) is 18.1. The van der Waals surface area contributed by atoms with Gasteiger partial charge in [-0.25, -0.2) is 0 Å². The minimum absolute atomic E-state index is 0.496. The van der Waals surface area contributed by atoms with E-state index in [0.29, 0.717) is 12.3 Å². The van der Waals surface area contributed by atoms with Crippen LogP contribution in [0.25, 0.3) is 0 Å². The summed E-state index contributed by atoms with van der Waals surface area (Å²) in [7, 11) is -3.90. The zero-order valence-electron chi connectivity index (χ0n) is 11.1. The van der Waals surface area contributed by atoms with Crippen LogP contribution in [0.2, 0.25) is 0 Å². The molecule has 1 rings (SSSR count). The lowest BCUT2D eigenvalue weighted by molar-refractivity contribution is 0.355. The topological polar surface area (TPSA) is 57.5 Å². The van der Waals surface area contributed by atoms with Gasteiger partial charge in [-0.1, -0.05) is 50.6 Å². The summed E-state index contributed by atoms with van der Waals surface area (Å²) < 4.78 is 11.0. The van der Waals surface area contributed by atoms with Crippen LogP contribution in [-0.4, -0.2) is 15.4 Å². The summed E-state index contributed by atoms with van der Waals surface area (Å²) in [6, 6.07) is 10.3. The highest BCUT2D eigenvalue weighted by Crippen LogP contribution is 2.43. The van der Waals surface area contributed by atoms with E-state index in [9.17, 15) is 4.57 Å². The predicted molar refractivity (Wildman–Crippen MR) is 74.8 cm³/mol. The molecule has 18 heavy (non-hydrogen) atoms. The van der Waals surface area contributed by atoms with Gasteiger partial charge in [-0.05, 0) is 30.7 Å². The van der Waals surface area contributed by atoms with Crippen molar-refractivity contribution in [2.75, 3.05) is 0 Å². The van der Waals surface area contributed by atoms with Gasteiger partial charge in [-0.2, -0.15) is 0 Å². The Bertz CT molecular complexity index is 385. The second-order valence-corrected chi connectivity index (χ2v) is 6.94. The van der Waals surface area contributed by atoms with Crippen LogP contribution >= 0.6 is 7.60 Å². The smallest absolute Gasteiger partial charge is 0.324 e. The zero-order chi connectivity index (χ0) is 13.6. The third kappa shape index (κ3) is 4.93. The summed E-state index contributed by atoms with van der Waals surface area (Å²) in [5, 5.41) is 0. The van der Waals surface area contributed by atoms with Gasteiger partial charge >= 0.3 is 7.60 Å². The first-order valence-electron chi connectivity index (χ1n) is 6.55. The van der Waals surface area contributed by atoms with Crippen molar-refractivity contribution in [2.24, 2.45) is 0 Å². The van der Waals surface area contributed by atoms with Gasteiger partial charge in [0.15, 0.2) is 0 Å². The SMILES string of the molecule is CCC(CCCC(C)P(=O)(O)O)c1ccccc1. The third-order valence-corrected chi connectivity index (χ3v) is 4.92. The molecule has 0 saturated carbocycles. The van der Waals surface area contributed by atoms with Crippen LogP contribution in [0.5, 0.6) is 0 Å². The third-order valence-electron chi connectivity index (χ3n) is 3.51. The Morgan fingerprint density at radius 2 is 1.78 bits per heavy atom. The van der Waals surface area contributed by atoms with E-state index in [-0.39, 0.29) is 0 Å². The van der Waals surface area contributed by atoms with E-state index in [0.717, 1.165) is 19.3 Å². The monoisotopic (exact) mass is 270 g/mol. The van der Waals surface area contributed by atoms with Gasteiger partial charge in [-0.15, -0.1) is 0 Å². The number of hydrogen-bond acceptors (Lipinski definition) is 1. The lowest BCUT2D eigenvalue weighted by atomic mass is 9.91. The molecule has 1 aromatic carbocycles. The molecular formula is C14H23O3P. The Labute approximate surface area is 109 Å². The molecule has 2 unspecified atom stereocenters. The Balaban J connectivity index is 2.44. The first-order valence-corrected chi connectivity index (χ1v) is 8.23. The van der Waals surface area contributed by atoms with Crippen LogP contribution in [0.1, 0.15) is 51.0 Å². The molecule has 0 aromatic heterocycles. The van der Waals surface area contributed by atoms with Crippen LogP contribution in [0.15, 0.2) is 30.3 Å². The Morgan fingerprint density at radius 3 is 2.28 bits per heavy atom. The molecule has 3 nitrogen and oxygen atoms in total. The van der Waals surface area contributed by atoms with E-state index >= 15 is 0 Å². The molecule has 0 heterocycles. The van der Waals surface area contributed by atoms with E-state index in [2.05, 4.69) is 19.1 Å². The standard InChI is InChI=1S/C14H23O3P/c1-3-13(14-9-5-4-6-10-14)11-7-8-12(2)18(15,16)17/h4-6,9-10,12-13H,3,7-8,11H2,1-2H3,(H2,15,16,17). The van der Waals surface area contributed by atoms with E-state index in [4.69, 9.17) is 9.79 Å². The molecular weight excluding hydrogens is 247 g/mol. The highest BCUT2D eigenvalue weighted by molar-refractivity contribution is 7.52. The van der Waals surface area contributed by atoms with Crippen molar-refractivity contribution in [2.45, 2.75) is 51.1 Å². The van der Waals surface area contributed by atoms with Crippen molar-refractivity contribution in [3.63, 3.8) is 0 Å². The van der Waals surface area contributed by atoms with Gasteiger partial charge in [0.2, 0.25) is 0 Å². The number of hydrogen-bond donors (Lipinski definition) is 2. The van der Waals surface area contributed by atoms with Crippen LogP contribution in [0.3, 0.4) is 0 Å². The molecule has 1 aromatic rings. The van der Waals surface area contributed by atoms with Crippen LogP contribution < -0.4 is 0 Å². The maximum absolute atomic E-state index is 11.0. The summed E-state index contributed by atoms with van der Waals surface area (Å²) in [5.41, 5.74) is 0.801. The van der Waals surface area contributed by atoms with Crippen molar-refractivity contribution in [3.05, 3.63) is 35.9 Å². The highest BCUT2D eigenvalue weighted by atomic mass is 31.2. The average molecular weight is 270 g/mol. The van der Waals surface area contributed by atoms with Gasteiger partial charge in [-0.3, -0.25) is 4.57 Å². The van der Waals surface area contributed by atoms with Gasteiger partial charge in [0.05, 0.1) is 5.66 Å². The minimum Gasteiger partial charge on any atom is -0.324 e. The molecule has 102 valence electrons. The van der Waals surface area contributed by atoms with Crippen molar-refractivity contribution >= 4 is 7.60 Å². The van der Waals surface area contributed by atoms with E-state index in [1.165, 1.54) is 5.56 Å². The fourth-order valence-electron chi connectivity index (χ4n) is 2.16. The van der Waals surface area contributed by atoms with E-state index in [1.807, 2.05) is 18.2 Å². The van der Waals surface area contributed by atoms with Crippen LogP contribution in [0, 0.1) is 0 Å². The first kappa shape index (κ1) is 15.4. The van der Waals surface area contributed by atoms with Crippen molar-refractivity contribution in [1.82, 2.24) is 0 Å². The second-order valence-electron chi connectivity index (χ2n) is 4.88. The molecule has 0 fully saturated rings. The number of benzene rings is 1. The maximum Gasteiger partial charge on any atom is 0.328 e.